The molecule has 7 heteroatoms. The highest BCUT2D eigenvalue weighted by Crippen LogP contribution is 2.43. The summed E-state index contributed by atoms with van der Waals surface area (Å²) in [5.41, 5.74) is 3.44. The van der Waals surface area contributed by atoms with Crippen molar-refractivity contribution >= 4 is 35.1 Å². The quantitative estimate of drug-likeness (QED) is 0.690. The molecule has 4 nitrogen and oxygen atoms in total. The summed E-state index contributed by atoms with van der Waals surface area (Å²) in [5, 5.41) is 8.07. The van der Waals surface area contributed by atoms with Crippen LogP contribution in [0.3, 0.4) is 0 Å². The number of carbonyl (C=O) groups excluding carboxylic acids is 1. The molecular weight excluding hydrogens is 373 g/mol. The van der Waals surface area contributed by atoms with Gasteiger partial charge in [0.2, 0.25) is 5.91 Å². The third kappa shape index (κ3) is 3.10. The van der Waals surface area contributed by atoms with E-state index in [1.807, 2.05) is 19.1 Å². The fraction of sp³-hybridized carbons (Fsp3) is 0.158. The molecule has 0 aliphatic carbocycles. The molecule has 1 aliphatic rings. The van der Waals surface area contributed by atoms with Crippen molar-refractivity contribution in [3.05, 3.63) is 76.2 Å². The zero-order valence-corrected chi connectivity index (χ0v) is 15.4. The van der Waals surface area contributed by atoms with Gasteiger partial charge in [0, 0.05) is 10.6 Å². The van der Waals surface area contributed by atoms with Gasteiger partial charge >= 0.3 is 0 Å². The molecule has 26 heavy (non-hydrogen) atoms. The van der Waals surface area contributed by atoms with Crippen LogP contribution in [0.4, 0.5) is 10.2 Å². The molecule has 0 unspecified atom stereocenters. The van der Waals surface area contributed by atoms with Crippen molar-refractivity contribution in [2.75, 3.05) is 11.1 Å². The van der Waals surface area contributed by atoms with E-state index in [1.54, 1.807) is 28.9 Å². The molecule has 2 heterocycles. The van der Waals surface area contributed by atoms with E-state index in [1.165, 1.54) is 23.9 Å². The van der Waals surface area contributed by atoms with Gasteiger partial charge < -0.3 is 5.32 Å². The van der Waals surface area contributed by atoms with Gasteiger partial charge in [0.15, 0.2) is 0 Å². The molecule has 1 aromatic heterocycles. The molecule has 1 N–H and O–H groups in total. The average molecular weight is 388 g/mol. The first-order valence-electron chi connectivity index (χ1n) is 8.05. The second-order valence-electron chi connectivity index (χ2n) is 6.03. The van der Waals surface area contributed by atoms with E-state index in [-0.39, 0.29) is 17.0 Å². The Labute approximate surface area is 159 Å². The molecule has 0 fully saturated rings. The third-order valence-electron chi connectivity index (χ3n) is 4.23. The summed E-state index contributed by atoms with van der Waals surface area (Å²) in [5.74, 6) is 0.567. The van der Waals surface area contributed by atoms with E-state index in [9.17, 15) is 9.18 Å². The number of anilines is 1. The van der Waals surface area contributed by atoms with Crippen molar-refractivity contribution in [3.8, 4) is 5.69 Å². The summed E-state index contributed by atoms with van der Waals surface area (Å²) in [7, 11) is 0. The molecule has 4 rings (SSSR count). The van der Waals surface area contributed by atoms with Crippen LogP contribution in [0.2, 0.25) is 5.02 Å². The van der Waals surface area contributed by atoms with Gasteiger partial charge in [-0.15, -0.1) is 11.8 Å². The number of nitrogens with zero attached hydrogens (tertiary/aromatic N) is 2. The number of aromatic nitrogens is 2. The number of benzene rings is 2. The van der Waals surface area contributed by atoms with Crippen LogP contribution in [0, 0.1) is 12.7 Å². The summed E-state index contributed by atoms with van der Waals surface area (Å²) in [6.07, 6.45) is 0. The molecule has 132 valence electrons. The third-order valence-corrected chi connectivity index (χ3v) is 5.74. The highest BCUT2D eigenvalue weighted by Gasteiger charge is 2.30. The van der Waals surface area contributed by atoms with Crippen LogP contribution >= 0.6 is 23.4 Å². The first-order chi connectivity index (χ1) is 12.5. The van der Waals surface area contributed by atoms with Crippen LogP contribution in [0.15, 0.2) is 48.5 Å². The fourth-order valence-electron chi connectivity index (χ4n) is 3.08. The zero-order chi connectivity index (χ0) is 18.3. The van der Waals surface area contributed by atoms with E-state index in [0.717, 1.165) is 22.5 Å². The number of nitrogens with one attached hydrogen (secondary N) is 1. The highest BCUT2D eigenvalue weighted by atomic mass is 35.5. The van der Waals surface area contributed by atoms with Gasteiger partial charge in [0.1, 0.15) is 11.6 Å². The fourth-order valence-corrected chi connectivity index (χ4v) is 4.45. The first-order valence-corrected chi connectivity index (χ1v) is 9.48. The van der Waals surface area contributed by atoms with Gasteiger partial charge in [-0.25, -0.2) is 9.07 Å². The summed E-state index contributed by atoms with van der Waals surface area (Å²) in [6, 6.07) is 13.7. The van der Waals surface area contributed by atoms with Gasteiger partial charge in [-0.3, -0.25) is 4.79 Å². The van der Waals surface area contributed by atoms with E-state index in [2.05, 4.69) is 10.4 Å². The Morgan fingerprint density at radius 3 is 2.77 bits per heavy atom. The molecule has 0 saturated heterocycles. The van der Waals surface area contributed by atoms with Crippen LogP contribution in [-0.2, 0) is 4.79 Å². The van der Waals surface area contributed by atoms with Crippen molar-refractivity contribution in [3.63, 3.8) is 0 Å². The minimum absolute atomic E-state index is 0.0935. The Bertz CT molecular complexity index is 987. The average Bonchev–Trinajstić information content (AvgIpc) is 2.82. The lowest BCUT2D eigenvalue weighted by Crippen LogP contribution is -2.15. The van der Waals surface area contributed by atoms with Crippen LogP contribution in [0.25, 0.3) is 5.69 Å². The summed E-state index contributed by atoms with van der Waals surface area (Å²) in [4.78, 5) is 12.3. The minimum atomic E-state index is -0.284. The van der Waals surface area contributed by atoms with Crippen molar-refractivity contribution in [1.29, 1.82) is 0 Å². The van der Waals surface area contributed by atoms with Gasteiger partial charge in [0.25, 0.3) is 0 Å². The lowest BCUT2D eigenvalue weighted by atomic mass is 10.0. The van der Waals surface area contributed by atoms with Crippen molar-refractivity contribution in [2.45, 2.75) is 12.2 Å². The van der Waals surface area contributed by atoms with Crippen molar-refractivity contribution in [2.24, 2.45) is 0 Å². The maximum absolute atomic E-state index is 13.3. The standard InChI is InChI=1S/C19H15ClFN3OS/c1-11-17-18(12-5-7-14(21)8-6-12)26-10-16(25)22-19(17)24(23-11)15-4-2-3-13(20)9-15/h2-9,18H,10H2,1H3,(H,22,25)/t18-/m1/s1. The van der Waals surface area contributed by atoms with Crippen LogP contribution in [0.5, 0.6) is 0 Å². The topological polar surface area (TPSA) is 46.9 Å². The minimum Gasteiger partial charge on any atom is -0.310 e. The SMILES string of the molecule is Cc1nn(-c2cccc(Cl)c2)c2c1[C@@H](c1ccc(F)cc1)SCC(=O)N2. The number of halogens is 2. The van der Waals surface area contributed by atoms with E-state index >= 15 is 0 Å². The van der Waals surface area contributed by atoms with Gasteiger partial charge in [-0.05, 0) is 42.8 Å². The Morgan fingerprint density at radius 1 is 1.27 bits per heavy atom. The summed E-state index contributed by atoms with van der Waals surface area (Å²) in [6.45, 7) is 1.91. The predicted molar refractivity (Wildman–Crippen MR) is 103 cm³/mol. The number of thioether (sulfide) groups is 1. The van der Waals surface area contributed by atoms with Crippen LogP contribution < -0.4 is 5.32 Å². The Hall–Kier alpha value is -2.31. The molecule has 0 radical (unpaired) electrons. The van der Waals surface area contributed by atoms with E-state index in [4.69, 9.17) is 11.6 Å². The molecule has 1 amide bonds. The number of hydrogen-bond acceptors (Lipinski definition) is 3. The largest absolute Gasteiger partial charge is 0.310 e. The Balaban J connectivity index is 1.89. The van der Waals surface area contributed by atoms with Gasteiger partial charge in [-0.1, -0.05) is 29.8 Å². The molecule has 1 aliphatic heterocycles. The molecular formula is C19H15ClFN3OS. The number of hydrogen-bond donors (Lipinski definition) is 1. The number of rotatable bonds is 2. The molecule has 2 aromatic carbocycles. The normalized spacial score (nSPS) is 16.7. The number of fused-ring (bicyclic) bond motifs is 1. The Kier molecular flexibility index (Phi) is 4.46. The van der Waals surface area contributed by atoms with Crippen LogP contribution in [-0.4, -0.2) is 21.4 Å². The lowest BCUT2D eigenvalue weighted by molar-refractivity contribution is -0.113. The van der Waals surface area contributed by atoms with E-state index < -0.39 is 0 Å². The van der Waals surface area contributed by atoms with Crippen molar-refractivity contribution < 1.29 is 9.18 Å². The molecule has 0 bridgehead atoms. The number of aryl methyl sites for hydroxylation is 1. The van der Waals surface area contributed by atoms with Gasteiger partial charge in [0.05, 0.1) is 22.4 Å². The molecule has 0 saturated carbocycles. The molecule has 3 aromatic rings. The lowest BCUT2D eigenvalue weighted by Gasteiger charge is -2.15. The number of carbonyl (C=O) groups is 1. The first kappa shape index (κ1) is 17.1. The van der Waals surface area contributed by atoms with Crippen molar-refractivity contribution in [1.82, 2.24) is 9.78 Å². The smallest absolute Gasteiger partial charge is 0.235 e. The monoisotopic (exact) mass is 387 g/mol. The highest BCUT2D eigenvalue weighted by molar-refractivity contribution is 8.00. The maximum Gasteiger partial charge on any atom is 0.235 e. The number of amides is 1. The maximum atomic E-state index is 13.3. The zero-order valence-electron chi connectivity index (χ0n) is 13.9. The van der Waals surface area contributed by atoms with E-state index in [0.29, 0.717) is 16.6 Å². The second kappa shape index (κ2) is 6.78. The summed E-state index contributed by atoms with van der Waals surface area (Å²) >= 11 is 7.62. The molecule has 0 spiro atoms. The molecule has 1 atom stereocenters. The predicted octanol–water partition coefficient (Wildman–Crippen LogP) is 4.75. The summed E-state index contributed by atoms with van der Waals surface area (Å²) < 4.78 is 15.0. The van der Waals surface area contributed by atoms with Gasteiger partial charge in [-0.2, -0.15) is 5.10 Å². The Morgan fingerprint density at radius 2 is 2.04 bits per heavy atom. The second-order valence-corrected chi connectivity index (χ2v) is 7.56. The van der Waals surface area contributed by atoms with Crippen LogP contribution in [0.1, 0.15) is 22.1 Å².